The van der Waals surface area contributed by atoms with E-state index in [9.17, 15) is 4.79 Å². The van der Waals surface area contributed by atoms with Crippen molar-refractivity contribution in [1.29, 1.82) is 0 Å². The Morgan fingerprint density at radius 3 is 2.55 bits per heavy atom. The molecule has 2 heterocycles. The Hall–Kier alpha value is -1.07. The third-order valence-electron chi connectivity index (χ3n) is 3.40. The first-order chi connectivity index (χ1) is 9.72. The molecule has 0 bridgehead atoms. The molecule has 0 atom stereocenters. The molecule has 1 aromatic rings. The van der Waals surface area contributed by atoms with E-state index in [1.165, 1.54) is 31.0 Å². The van der Waals surface area contributed by atoms with Crippen molar-refractivity contribution in [1.82, 2.24) is 4.90 Å². The first kappa shape index (κ1) is 13.9. The van der Waals surface area contributed by atoms with Crippen LogP contribution in [0.2, 0.25) is 0 Å². The molecule has 20 heavy (non-hydrogen) atoms. The second-order valence-corrected chi connectivity index (χ2v) is 6.83. The van der Waals surface area contributed by atoms with Crippen LogP contribution >= 0.6 is 27.7 Å². The highest BCUT2D eigenvalue weighted by molar-refractivity contribution is 9.10. The number of rotatable bonds is 1. The van der Waals surface area contributed by atoms with Gasteiger partial charge in [0.15, 0.2) is 5.17 Å². The Labute approximate surface area is 131 Å². The van der Waals surface area contributed by atoms with Gasteiger partial charge in [0.25, 0.3) is 5.91 Å². The summed E-state index contributed by atoms with van der Waals surface area (Å²) >= 11 is 4.91. The Morgan fingerprint density at radius 1 is 1.15 bits per heavy atom. The maximum absolute atomic E-state index is 12.0. The monoisotopic (exact) mass is 350 g/mol. The normalized spacial score (nSPS) is 21.4. The zero-order chi connectivity index (χ0) is 13.9. The van der Waals surface area contributed by atoms with Crippen LogP contribution in [0.5, 0.6) is 0 Å². The fourth-order valence-corrected chi connectivity index (χ4v) is 3.56. The van der Waals surface area contributed by atoms with Gasteiger partial charge in [-0.2, -0.15) is 4.99 Å². The second kappa shape index (κ2) is 6.14. The van der Waals surface area contributed by atoms with Gasteiger partial charge in [0.2, 0.25) is 0 Å². The van der Waals surface area contributed by atoms with E-state index in [0.717, 1.165) is 28.3 Å². The number of carbonyl (C=O) groups is 1. The molecule has 3 rings (SSSR count). The molecule has 5 heteroatoms. The average Bonchev–Trinajstić information content (AvgIpc) is 2.84. The number of halogens is 1. The lowest BCUT2D eigenvalue weighted by Gasteiger charge is -2.27. The van der Waals surface area contributed by atoms with Crippen LogP contribution in [-0.4, -0.2) is 29.1 Å². The maximum atomic E-state index is 12.0. The van der Waals surface area contributed by atoms with Gasteiger partial charge in [-0.15, -0.1) is 0 Å². The van der Waals surface area contributed by atoms with E-state index < -0.39 is 0 Å². The van der Waals surface area contributed by atoms with Gasteiger partial charge in [-0.05, 0) is 54.8 Å². The molecule has 1 aromatic carbocycles. The fourth-order valence-electron chi connectivity index (χ4n) is 2.33. The molecule has 2 aliphatic rings. The summed E-state index contributed by atoms with van der Waals surface area (Å²) in [5.74, 6) is -0.113. The molecule has 1 saturated heterocycles. The van der Waals surface area contributed by atoms with Gasteiger partial charge in [-0.1, -0.05) is 28.1 Å². The number of hydrogen-bond donors (Lipinski definition) is 0. The molecular formula is C15H15BrN2OS. The fraction of sp³-hybridized carbons (Fsp3) is 0.333. The van der Waals surface area contributed by atoms with Crippen LogP contribution in [-0.2, 0) is 4.79 Å². The molecule has 0 aliphatic carbocycles. The highest BCUT2D eigenvalue weighted by Gasteiger charge is 2.26. The summed E-state index contributed by atoms with van der Waals surface area (Å²) in [6.45, 7) is 2.04. The number of benzene rings is 1. The number of hydrogen-bond acceptors (Lipinski definition) is 3. The number of thioether (sulfide) groups is 1. The van der Waals surface area contributed by atoms with E-state index >= 15 is 0 Å². The van der Waals surface area contributed by atoms with Crippen molar-refractivity contribution in [2.45, 2.75) is 19.3 Å². The first-order valence-electron chi connectivity index (χ1n) is 6.75. The summed E-state index contributed by atoms with van der Waals surface area (Å²) in [7, 11) is 0. The predicted molar refractivity (Wildman–Crippen MR) is 87.6 cm³/mol. The number of carbonyl (C=O) groups excluding carboxylic acids is 1. The lowest BCUT2D eigenvalue weighted by Crippen LogP contribution is -2.33. The van der Waals surface area contributed by atoms with E-state index in [2.05, 4.69) is 25.8 Å². The quantitative estimate of drug-likeness (QED) is 0.720. The molecule has 1 fully saturated rings. The van der Waals surface area contributed by atoms with Crippen LogP contribution in [0.4, 0.5) is 0 Å². The van der Waals surface area contributed by atoms with Crippen molar-refractivity contribution in [3.8, 4) is 0 Å². The molecule has 0 radical (unpaired) electrons. The van der Waals surface area contributed by atoms with Crippen molar-refractivity contribution < 1.29 is 4.79 Å². The predicted octanol–water partition coefficient (Wildman–Crippen LogP) is 3.91. The molecule has 0 spiro atoms. The van der Waals surface area contributed by atoms with Crippen molar-refractivity contribution in [3.05, 3.63) is 39.2 Å². The Kier molecular flexibility index (Phi) is 4.27. The molecule has 0 N–H and O–H groups in total. The second-order valence-electron chi connectivity index (χ2n) is 4.91. The lowest BCUT2D eigenvalue weighted by atomic mass is 10.1. The number of likely N-dealkylation sites (tertiary alicyclic amines) is 1. The van der Waals surface area contributed by atoms with Crippen LogP contribution in [0.1, 0.15) is 24.8 Å². The average molecular weight is 351 g/mol. The van der Waals surface area contributed by atoms with Crippen molar-refractivity contribution in [3.63, 3.8) is 0 Å². The molecule has 1 amide bonds. The minimum atomic E-state index is -0.113. The van der Waals surface area contributed by atoms with E-state index in [4.69, 9.17) is 0 Å². The van der Waals surface area contributed by atoms with Gasteiger partial charge < -0.3 is 4.90 Å². The molecule has 0 saturated carbocycles. The topological polar surface area (TPSA) is 32.7 Å². The van der Waals surface area contributed by atoms with Crippen molar-refractivity contribution in [2.75, 3.05) is 13.1 Å². The van der Waals surface area contributed by atoms with E-state index in [0.29, 0.717) is 4.91 Å². The number of nitrogens with zero attached hydrogens (tertiary/aromatic N) is 2. The summed E-state index contributed by atoms with van der Waals surface area (Å²) in [6.07, 6.45) is 5.59. The largest absolute Gasteiger partial charge is 0.351 e. The summed E-state index contributed by atoms with van der Waals surface area (Å²) in [4.78, 5) is 19.1. The van der Waals surface area contributed by atoms with Gasteiger partial charge >= 0.3 is 0 Å². The highest BCUT2D eigenvalue weighted by atomic mass is 79.9. The van der Waals surface area contributed by atoms with Gasteiger partial charge in [0.1, 0.15) is 0 Å². The Bertz CT molecular complexity index is 574. The van der Waals surface area contributed by atoms with Gasteiger partial charge in [0.05, 0.1) is 4.91 Å². The van der Waals surface area contributed by atoms with Crippen LogP contribution in [0, 0.1) is 0 Å². The third kappa shape index (κ3) is 3.15. The zero-order valence-corrected chi connectivity index (χ0v) is 13.4. The summed E-state index contributed by atoms with van der Waals surface area (Å²) < 4.78 is 1.04. The van der Waals surface area contributed by atoms with E-state index in [-0.39, 0.29) is 5.91 Å². The minimum Gasteiger partial charge on any atom is -0.351 e. The highest BCUT2D eigenvalue weighted by Crippen LogP contribution is 2.31. The maximum Gasteiger partial charge on any atom is 0.286 e. The SMILES string of the molecule is O=C1N=C(N2CCCCC2)S/C1=C\c1ccc(Br)cc1. The van der Waals surface area contributed by atoms with Crippen LogP contribution < -0.4 is 0 Å². The van der Waals surface area contributed by atoms with E-state index in [1.807, 2.05) is 30.3 Å². The van der Waals surface area contributed by atoms with Gasteiger partial charge in [-0.3, -0.25) is 4.79 Å². The standard InChI is InChI=1S/C15H15BrN2OS/c16-12-6-4-11(5-7-12)10-13-14(19)17-15(20-13)18-8-2-1-3-9-18/h4-7,10H,1-3,8-9H2/b13-10-. The molecular weight excluding hydrogens is 336 g/mol. The summed E-state index contributed by atoms with van der Waals surface area (Å²) in [5, 5.41) is 0.873. The molecule has 2 aliphatic heterocycles. The van der Waals surface area contributed by atoms with Crippen molar-refractivity contribution in [2.24, 2.45) is 4.99 Å². The number of aliphatic imine (C=N–C) groups is 1. The van der Waals surface area contributed by atoms with Crippen LogP contribution in [0.25, 0.3) is 6.08 Å². The number of amides is 1. The summed E-state index contributed by atoms with van der Waals surface area (Å²) in [6, 6.07) is 7.93. The van der Waals surface area contributed by atoms with Crippen LogP contribution in [0.3, 0.4) is 0 Å². The van der Waals surface area contributed by atoms with Crippen LogP contribution in [0.15, 0.2) is 38.6 Å². The molecule has 104 valence electrons. The summed E-state index contributed by atoms with van der Waals surface area (Å²) in [5.41, 5.74) is 1.03. The van der Waals surface area contributed by atoms with Gasteiger partial charge in [-0.25, -0.2) is 0 Å². The Morgan fingerprint density at radius 2 is 1.85 bits per heavy atom. The van der Waals surface area contributed by atoms with E-state index in [1.54, 1.807) is 0 Å². The molecule has 3 nitrogen and oxygen atoms in total. The van der Waals surface area contributed by atoms with Gasteiger partial charge in [0, 0.05) is 17.6 Å². The smallest absolute Gasteiger partial charge is 0.286 e. The molecule has 0 unspecified atom stereocenters. The van der Waals surface area contributed by atoms with Crippen molar-refractivity contribution >= 4 is 44.8 Å². The first-order valence-corrected chi connectivity index (χ1v) is 8.36. The minimum absolute atomic E-state index is 0.113. The lowest BCUT2D eigenvalue weighted by molar-refractivity contribution is -0.113. The Balaban J connectivity index is 1.74. The third-order valence-corrected chi connectivity index (χ3v) is 4.98. The number of amidine groups is 1. The number of piperidine rings is 1. The molecule has 0 aromatic heterocycles. The zero-order valence-electron chi connectivity index (χ0n) is 11.0.